The molecule has 0 aromatic carbocycles. The molecule has 1 saturated carbocycles. The normalized spacial score (nSPS) is 47.9. The van der Waals surface area contributed by atoms with E-state index in [1.807, 2.05) is 0 Å². The standard InChI is InChI=1S/C22H43N5O12/c1-22(35)6-36-20(15(33)18(22)26-2)39-17-8(27-19(34)9(28)4-23)3-7(25)16(14(17)32)38-21-13(31)12(30)11(29)10(5-24)37-21/h7-18,20-21,26,28-33,35H,3-6,23-25H2,1-2H3,(H,27,34)/t7?,8?,9?,10?,11?,12?,13?,14?,15?,16?,17?,18?,20?,21?,22-/m0/s1. The third-order valence-corrected chi connectivity index (χ3v) is 7.50. The van der Waals surface area contributed by atoms with Crippen molar-refractivity contribution in [2.45, 2.75) is 105 Å². The Morgan fingerprint density at radius 3 is 2.26 bits per heavy atom. The summed E-state index contributed by atoms with van der Waals surface area (Å²) in [5.74, 6) is -0.857. The minimum Gasteiger partial charge on any atom is -0.388 e. The Balaban J connectivity index is 1.84. The summed E-state index contributed by atoms with van der Waals surface area (Å²) < 4.78 is 22.7. The minimum absolute atomic E-state index is 0.0836. The summed E-state index contributed by atoms with van der Waals surface area (Å²) in [5, 5.41) is 78.5. The number of nitrogens with two attached hydrogens (primary N) is 3. The number of ether oxygens (including phenoxy) is 4. The van der Waals surface area contributed by atoms with Gasteiger partial charge < -0.3 is 82.5 Å². The van der Waals surface area contributed by atoms with Gasteiger partial charge in [-0.25, -0.2) is 0 Å². The second-order valence-corrected chi connectivity index (χ2v) is 10.5. The molecule has 14 unspecified atom stereocenters. The van der Waals surface area contributed by atoms with Gasteiger partial charge in [-0.15, -0.1) is 0 Å². The van der Waals surface area contributed by atoms with Crippen LogP contribution in [0.4, 0.5) is 0 Å². The smallest absolute Gasteiger partial charge is 0.250 e. The Hall–Kier alpha value is -1.13. The molecule has 1 aliphatic carbocycles. The number of nitrogens with one attached hydrogen (secondary N) is 2. The molecule has 39 heavy (non-hydrogen) atoms. The molecule has 3 aliphatic rings. The first-order chi connectivity index (χ1) is 18.3. The van der Waals surface area contributed by atoms with E-state index in [9.17, 15) is 40.5 Å². The lowest BCUT2D eigenvalue weighted by Gasteiger charge is -2.49. The zero-order chi connectivity index (χ0) is 29.2. The van der Waals surface area contributed by atoms with E-state index in [2.05, 4.69) is 10.6 Å². The maximum Gasteiger partial charge on any atom is 0.250 e. The van der Waals surface area contributed by atoms with Crippen molar-refractivity contribution in [2.24, 2.45) is 17.2 Å². The zero-order valence-electron chi connectivity index (χ0n) is 21.8. The monoisotopic (exact) mass is 569 g/mol. The van der Waals surface area contributed by atoms with Crippen LogP contribution in [0, 0.1) is 0 Å². The first-order valence-corrected chi connectivity index (χ1v) is 12.8. The van der Waals surface area contributed by atoms with E-state index >= 15 is 0 Å². The Bertz CT molecular complexity index is 811. The highest BCUT2D eigenvalue weighted by molar-refractivity contribution is 5.81. The molecule has 3 rings (SSSR count). The van der Waals surface area contributed by atoms with Gasteiger partial charge in [0.05, 0.1) is 18.7 Å². The highest BCUT2D eigenvalue weighted by Gasteiger charge is 2.53. The van der Waals surface area contributed by atoms with Gasteiger partial charge in [0.1, 0.15) is 60.5 Å². The van der Waals surface area contributed by atoms with Crippen molar-refractivity contribution in [3.05, 3.63) is 0 Å². The summed E-state index contributed by atoms with van der Waals surface area (Å²) in [6.07, 6.45) is -16.3. The Morgan fingerprint density at radius 2 is 1.67 bits per heavy atom. The highest BCUT2D eigenvalue weighted by Crippen LogP contribution is 2.32. The van der Waals surface area contributed by atoms with Crippen LogP contribution in [0.3, 0.4) is 0 Å². The average Bonchev–Trinajstić information content (AvgIpc) is 2.89. The Kier molecular flexibility index (Phi) is 11.0. The number of amides is 1. The second-order valence-electron chi connectivity index (χ2n) is 10.5. The SMILES string of the molecule is CNC1C(O)C(OC2C(NC(=O)C(O)CN)CC(N)C(OC3OC(CN)C(O)C(O)C3O)C2O)OC[C@]1(C)O. The van der Waals surface area contributed by atoms with Crippen LogP contribution in [0.5, 0.6) is 0 Å². The maximum absolute atomic E-state index is 12.4. The molecule has 2 aliphatic heterocycles. The minimum atomic E-state index is -1.72. The van der Waals surface area contributed by atoms with Crippen LogP contribution in [0.2, 0.25) is 0 Å². The molecule has 0 bridgehead atoms. The lowest BCUT2D eigenvalue weighted by molar-refractivity contribution is -0.330. The van der Waals surface area contributed by atoms with Crippen LogP contribution < -0.4 is 27.8 Å². The van der Waals surface area contributed by atoms with Crippen LogP contribution in [0.25, 0.3) is 0 Å². The van der Waals surface area contributed by atoms with Gasteiger partial charge in [0.2, 0.25) is 5.91 Å². The lowest BCUT2D eigenvalue weighted by atomic mass is 9.83. The van der Waals surface area contributed by atoms with E-state index in [0.717, 1.165) is 0 Å². The number of aliphatic hydroxyl groups excluding tert-OH is 6. The van der Waals surface area contributed by atoms with E-state index in [4.69, 9.17) is 36.1 Å². The number of hydrogen-bond donors (Lipinski definition) is 12. The average molecular weight is 570 g/mol. The molecule has 15 atom stereocenters. The van der Waals surface area contributed by atoms with Crippen molar-refractivity contribution in [3.8, 4) is 0 Å². The van der Waals surface area contributed by atoms with Crippen molar-refractivity contribution in [3.63, 3.8) is 0 Å². The molecule has 0 aromatic rings. The number of aliphatic hydroxyl groups is 7. The molecule has 2 saturated heterocycles. The van der Waals surface area contributed by atoms with Crippen molar-refractivity contribution < 1.29 is 59.5 Å². The van der Waals surface area contributed by atoms with Crippen molar-refractivity contribution >= 4 is 5.91 Å². The number of rotatable bonds is 9. The molecule has 17 nitrogen and oxygen atoms in total. The summed E-state index contributed by atoms with van der Waals surface area (Å²) in [5.41, 5.74) is 15.8. The van der Waals surface area contributed by atoms with Crippen LogP contribution in [0.15, 0.2) is 0 Å². The zero-order valence-corrected chi connectivity index (χ0v) is 21.8. The quantitative estimate of drug-likeness (QED) is 0.123. The van der Waals surface area contributed by atoms with Crippen molar-refractivity contribution in [1.82, 2.24) is 10.6 Å². The summed E-state index contributed by atoms with van der Waals surface area (Å²) >= 11 is 0. The molecule has 228 valence electrons. The van der Waals surface area contributed by atoms with E-state index in [1.165, 1.54) is 14.0 Å². The van der Waals surface area contributed by atoms with Crippen molar-refractivity contribution in [1.29, 1.82) is 0 Å². The first kappa shape index (κ1) is 32.4. The molecule has 1 amide bonds. The molecule has 3 fully saturated rings. The van der Waals surface area contributed by atoms with Gasteiger partial charge >= 0.3 is 0 Å². The van der Waals surface area contributed by atoms with E-state index in [-0.39, 0.29) is 26.1 Å². The summed E-state index contributed by atoms with van der Waals surface area (Å²) in [6.45, 7) is 0.634. The predicted octanol–water partition coefficient (Wildman–Crippen LogP) is -7.52. The lowest BCUT2D eigenvalue weighted by Crippen LogP contribution is -2.70. The van der Waals surface area contributed by atoms with Gasteiger partial charge in [-0.05, 0) is 20.4 Å². The van der Waals surface area contributed by atoms with Gasteiger partial charge in [0.25, 0.3) is 0 Å². The first-order valence-electron chi connectivity index (χ1n) is 12.8. The molecule has 0 spiro atoms. The molecular weight excluding hydrogens is 526 g/mol. The Labute approximate surface area is 225 Å². The fraction of sp³-hybridized carbons (Fsp3) is 0.955. The summed E-state index contributed by atoms with van der Waals surface area (Å²) in [7, 11) is 1.52. The Morgan fingerprint density at radius 1 is 1.03 bits per heavy atom. The maximum atomic E-state index is 12.4. The third kappa shape index (κ3) is 6.85. The molecule has 2 heterocycles. The van der Waals surface area contributed by atoms with Crippen LogP contribution in [0.1, 0.15) is 13.3 Å². The fourth-order valence-electron chi connectivity index (χ4n) is 5.22. The van der Waals surface area contributed by atoms with Crippen LogP contribution >= 0.6 is 0 Å². The highest BCUT2D eigenvalue weighted by atomic mass is 16.7. The summed E-state index contributed by atoms with van der Waals surface area (Å²) in [4.78, 5) is 12.4. The molecular formula is C22H43N5O12. The fourth-order valence-corrected chi connectivity index (χ4v) is 5.22. The molecule has 15 N–H and O–H groups in total. The number of likely N-dealkylation sites (N-methyl/N-ethyl adjacent to an activating group) is 1. The number of carbonyl (C=O) groups is 1. The topological polar surface area (TPSA) is 298 Å². The van der Waals surface area contributed by atoms with Crippen LogP contribution in [-0.4, -0.2) is 160 Å². The van der Waals surface area contributed by atoms with E-state index in [1.54, 1.807) is 0 Å². The largest absolute Gasteiger partial charge is 0.388 e. The second kappa shape index (κ2) is 13.2. The van der Waals surface area contributed by atoms with Gasteiger partial charge in [0, 0.05) is 19.1 Å². The van der Waals surface area contributed by atoms with Crippen molar-refractivity contribution in [2.75, 3.05) is 26.7 Å². The third-order valence-electron chi connectivity index (χ3n) is 7.50. The summed E-state index contributed by atoms with van der Waals surface area (Å²) in [6, 6.07) is -2.92. The van der Waals surface area contributed by atoms with Gasteiger partial charge in [-0.2, -0.15) is 0 Å². The molecule has 17 heteroatoms. The van der Waals surface area contributed by atoms with Gasteiger partial charge in [-0.1, -0.05) is 0 Å². The van der Waals surface area contributed by atoms with Gasteiger partial charge in [-0.3, -0.25) is 4.79 Å². The number of carbonyl (C=O) groups excluding carboxylic acids is 1. The van der Waals surface area contributed by atoms with E-state index in [0.29, 0.717) is 0 Å². The van der Waals surface area contributed by atoms with Gasteiger partial charge in [0.15, 0.2) is 12.6 Å². The number of hydrogen-bond acceptors (Lipinski definition) is 16. The van der Waals surface area contributed by atoms with E-state index < -0.39 is 97.1 Å². The predicted molar refractivity (Wildman–Crippen MR) is 130 cm³/mol. The molecule has 0 aromatic heterocycles. The van der Waals surface area contributed by atoms with Crippen LogP contribution in [-0.2, 0) is 23.7 Å². The molecule has 0 radical (unpaired) electrons.